The molecule has 4 rings (SSSR count). The number of ether oxygens (including phenoxy) is 2. The Morgan fingerprint density at radius 2 is 1.65 bits per heavy atom. The third-order valence-electron chi connectivity index (χ3n) is 6.98. The molecule has 0 spiro atoms. The van der Waals surface area contributed by atoms with Gasteiger partial charge in [-0.3, -0.25) is 9.59 Å². The Labute approximate surface area is 234 Å². The predicted octanol–water partition coefficient (Wildman–Crippen LogP) is 4.93. The Kier molecular flexibility index (Phi) is 9.37. The Balaban J connectivity index is 1.57. The highest BCUT2D eigenvalue weighted by atomic mass is 16.5. The predicted molar refractivity (Wildman–Crippen MR) is 157 cm³/mol. The summed E-state index contributed by atoms with van der Waals surface area (Å²) in [6.07, 6.45) is 3.44. The minimum atomic E-state index is -0.462. The smallest absolute Gasteiger partial charge is 0.261 e. The summed E-state index contributed by atoms with van der Waals surface area (Å²) in [5.74, 6) is 0.587. The molecule has 0 fully saturated rings. The van der Waals surface area contributed by atoms with Crippen LogP contribution in [0.4, 0.5) is 0 Å². The summed E-state index contributed by atoms with van der Waals surface area (Å²) < 4.78 is 11.2. The number of hydrogen-bond donors (Lipinski definition) is 3. The van der Waals surface area contributed by atoms with Crippen molar-refractivity contribution in [3.05, 3.63) is 75.2 Å². The average molecular weight is 545 g/mol. The lowest BCUT2D eigenvalue weighted by Gasteiger charge is -2.19. The molecular weight excluding hydrogens is 508 g/mol. The molecule has 0 bridgehead atoms. The SMILES string of the molecule is CCCCc1[nH]c(=O)c(C2=NN=C(CC(=O)NCc3ccc(CC)cc3)C2)c(O)c1-c1c(OC)cccc1OC. The van der Waals surface area contributed by atoms with Gasteiger partial charge < -0.3 is 24.9 Å². The van der Waals surface area contributed by atoms with E-state index in [-0.39, 0.29) is 30.1 Å². The molecule has 1 aromatic heterocycles. The highest BCUT2D eigenvalue weighted by Crippen LogP contribution is 2.45. The van der Waals surface area contributed by atoms with Crippen LogP contribution in [-0.2, 0) is 24.2 Å². The van der Waals surface area contributed by atoms with E-state index in [1.807, 2.05) is 12.1 Å². The van der Waals surface area contributed by atoms with E-state index in [1.54, 1.807) is 32.4 Å². The molecule has 1 amide bonds. The van der Waals surface area contributed by atoms with E-state index < -0.39 is 5.56 Å². The summed E-state index contributed by atoms with van der Waals surface area (Å²) in [4.78, 5) is 28.8. The average Bonchev–Trinajstić information content (AvgIpc) is 3.42. The highest BCUT2D eigenvalue weighted by molar-refractivity contribution is 6.19. The standard InChI is InChI=1S/C31H36N4O5/c1-5-7-9-22-27(29-24(39-3)10-8-11-25(29)40-4)30(37)28(31(38)33-22)23-16-21(34-35-23)17-26(36)32-18-20-14-12-19(6-2)13-15-20/h8,10-15H,5-7,9,16-18H2,1-4H3,(H,32,36)(H2,33,37,38). The van der Waals surface area contributed by atoms with Gasteiger partial charge in [0, 0.05) is 18.7 Å². The number of methoxy groups -OCH3 is 2. The van der Waals surface area contributed by atoms with Gasteiger partial charge in [0.2, 0.25) is 5.91 Å². The zero-order valence-electron chi connectivity index (χ0n) is 23.5. The Morgan fingerprint density at radius 1 is 0.975 bits per heavy atom. The van der Waals surface area contributed by atoms with Crippen LogP contribution in [0.5, 0.6) is 17.2 Å². The van der Waals surface area contributed by atoms with Crippen LogP contribution in [0, 0.1) is 0 Å². The molecule has 210 valence electrons. The van der Waals surface area contributed by atoms with Crippen LogP contribution in [-0.4, -0.2) is 41.6 Å². The van der Waals surface area contributed by atoms with Crippen LogP contribution < -0.4 is 20.3 Å². The van der Waals surface area contributed by atoms with Crippen LogP contribution in [0.1, 0.15) is 61.9 Å². The van der Waals surface area contributed by atoms with Crippen LogP contribution in [0.15, 0.2) is 57.5 Å². The number of nitrogens with one attached hydrogen (secondary N) is 2. The number of H-pyrrole nitrogens is 1. The van der Waals surface area contributed by atoms with Gasteiger partial charge in [-0.2, -0.15) is 10.2 Å². The first-order valence-corrected chi connectivity index (χ1v) is 13.6. The third kappa shape index (κ3) is 6.25. The molecule has 0 saturated heterocycles. The summed E-state index contributed by atoms with van der Waals surface area (Å²) in [5, 5.41) is 22.8. The fourth-order valence-corrected chi connectivity index (χ4v) is 4.79. The zero-order chi connectivity index (χ0) is 28.6. The molecule has 2 aromatic carbocycles. The molecule has 2 heterocycles. The molecule has 0 unspecified atom stereocenters. The molecular formula is C31H36N4O5. The van der Waals surface area contributed by atoms with Crippen molar-refractivity contribution in [3.8, 4) is 28.4 Å². The normalized spacial score (nSPS) is 12.6. The first kappa shape index (κ1) is 28.6. The molecule has 9 nitrogen and oxygen atoms in total. The van der Waals surface area contributed by atoms with Crippen molar-refractivity contribution in [2.45, 2.75) is 58.9 Å². The van der Waals surface area contributed by atoms with Crippen LogP contribution in [0.25, 0.3) is 11.1 Å². The van der Waals surface area contributed by atoms with Gasteiger partial charge in [-0.25, -0.2) is 0 Å². The molecule has 1 aliphatic heterocycles. The molecule has 0 aliphatic carbocycles. The quantitative estimate of drug-likeness (QED) is 0.298. The number of rotatable bonds is 12. The molecule has 0 radical (unpaired) electrons. The van der Waals surface area contributed by atoms with Crippen molar-refractivity contribution < 1.29 is 19.4 Å². The van der Waals surface area contributed by atoms with Crippen molar-refractivity contribution in [1.29, 1.82) is 0 Å². The number of aromatic hydroxyl groups is 1. The molecule has 3 aromatic rings. The van der Waals surface area contributed by atoms with Gasteiger partial charge in [0.1, 0.15) is 22.8 Å². The summed E-state index contributed by atoms with van der Waals surface area (Å²) in [6, 6.07) is 13.4. The Hall–Kier alpha value is -4.40. The van der Waals surface area contributed by atoms with Crippen molar-refractivity contribution in [2.75, 3.05) is 14.2 Å². The molecule has 0 atom stereocenters. The van der Waals surface area contributed by atoms with Crippen LogP contribution in [0.2, 0.25) is 0 Å². The summed E-state index contributed by atoms with van der Waals surface area (Å²) in [7, 11) is 3.08. The fourth-order valence-electron chi connectivity index (χ4n) is 4.79. The number of amides is 1. The number of nitrogens with zero attached hydrogens (tertiary/aromatic N) is 2. The first-order chi connectivity index (χ1) is 19.4. The van der Waals surface area contributed by atoms with Crippen LogP contribution in [0.3, 0.4) is 0 Å². The van der Waals surface area contributed by atoms with Gasteiger partial charge in [0.15, 0.2) is 0 Å². The van der Waals surface area contributed by atoms with Crippen molar-refractivity contribution in [2.24, 2.45) is 10.2 Å². The maximum Gasteiger partial charge on any atom is 0.261 e. The van der Waals surface area contributed by atoms with E-state index in [1.165, 1.54) is 5.56 Å². The molecule has 9 heteroatoms. The number of unbranched alkanes of at least 4 members (excludes halogenated alkanes) is 1. The lowest BCUT2D eigenvalue weighted by Crippen LogP contribution is -2.26. The highest BCUT2D eigenvalue weighted by Gasteiger charge is 2.28. The lowest BCUT2D eigenvalue weighted by atomic mass is 9.93. The molecule has 40 heavy (non-hydrogen) atoms. The minimum absolute atomic E-state index is 0.0263. The summed E-state index contributed by atoms with van der Waals surface area (Å²) in [5.41, 5.74) is 4.18. The number of hydrogen-bond acceptors (Lipinski definition) is 7. The van der Waals surface area contributed by atoms with E-state index >= 15 is 0 Å². The maximum atomic E-state index is 13.2. The molecule has 0 saturated carbocycles. The summed E-state index contributed by atoms with van der Waals surface area (Å²) >= 11 is 0. The van der Waals surface area contributed by atoms with E-state index in [9.17, 15) is 14.7 Å². The van der Waals surface area contributed by atoms with E-state index in [2.05, 4.69) is 46.5 Å². The topological polar surface area (TPSA) is 125 Å². The second-order valence-corrected chi connectivity index (χ2v) is 9.69. The van der Waals surface area contributed by atoms with Crippen molar-refractivity contribution in [3.63, 3.8) is 0 Å². The van der Waals surface area contributed by atoms with Gasteiger partial charge >= 0.3 is 0 Å². The Bertz CT molecular complexity index is 1470. The maximum absolute atomic E-state index is 13.2. The van der Waals surface area contributed by atoms with Gasteiger partial charge in [0.25, 0.3) is 5.56 Å². The van der Waals surface area contributed by atoms with E-state index in [0.717, 1.165) is 24.8 Å². The number of aromatic amines is 1. The van der Waals surface area contributed by atoms with Crippen molar-refractivity contribution >= 4 is 17.3 Å². The fraction of sp³-hybridized carbons (Fsp3) is 0.355. The minimum Gasteiger partial charge on any atom is -0.506 e. The number of pyridine rings is 1. The summed E-state index contributed by atoms with van der Waals surface area (Å²) in [6.45, 7) is 4.56. The second-order valence-electron chi connectivity index (χ2n) is 9.69. The number of aryl methyl sites for hydroxylation is 2. The first-order valence-electron chi connectivity index (χ1n) is 13.6. The van der Waals surface area contributed by atoms with Gasteiger partial charge in [-0.05, 0) is 42.5 Å². The second kappa shape index (κ2) is 13.1. The molecule has 3 N–H and O–H groups in total. The zero-order valence-corrected chi connectivity index (χ0v) is 23.5. The largest absolute Gasteiger partial charge is 0.506 e. The lowest BCUT2D eigenvalue weighted by molar-refractivity contribution is -0.120. The van der Waals surface area contributed by atoms with Crippen molar-refractivity contribution in [1.82, 2.24) is 10.3 Å². The number of benzene rings is 2. The van der Waals surface area contributed by atoms with E-state index in [0.29, 0.717) is 52.7 Å². The van der Waals surface area contributed by atoms with E-state index in [4.69, 9.17) is 9.47 Å². The Morgan fingerprint density at radius 3 is 2.27 bits per heavy atom. The third-order valence-corrected chi connectivity index (χ3v) is 6.98. The number of carbonyl (C=O) groups is 1. The van der Waals surface area contributed by atoms with Gasteiger partial charge in [0.05, 0.1) is 43.2 Å². The number of aromatic nitrogens is 1. The van der Waals surface area contributed by atoms with Gasteiger partial charge in [-0.1, -0.05) is 50.6 Å². The monoisotopic (exact) mass is 544 g/mol. The molecule has 1 aliphatic rings. The van der Waals surface area contributed by atoms with Crippen LogP contribution >= 0.6 is 0 Å². The van der Waals surface area contributed by atoms with Gasteiger partial charge in [-0.15, -0.1) is 0 Å². The number of carbonyl (C=O) groups excluding carboxylic acids is 1.